The Bertz CT molecular complexity index is 6310. The minimum Gasteiger partial charge on any atom is -0.493 e. The summed E-state index contributed by atoms with van der Waals surface area (Å²) < 4.78 is 11.3. The second kappa shape index (κ2) is 54.7. The topological polar surface area (TPSA) is 127 Å². The van der Waals surface area contributed by atoms with Gasteiger partial charge in [-0.1, -0.05) is 25.0 Å². The van der Waals surface area contributed by atoms with Crippen LogP contribution in [0.1, 0.15) is 43.5 Å². The van der Waals surface area contributed by atoms with E-state index in [1.54, 1.807) is 19.6 Å². The fraction of sp³-hybridized carbons (Fsp3) is 0.0761. The first-order valence-electron chi connectivity index (χ1n) is 28.0. The van der Waals surface area contributed by atoms with Gasteiger partial charge in [-0.15, -0.1) is 0 Å². The highest BCUT2D eigenvalue weighted by molar-refractivity contribution is 5.91. The van der Waals surface area contributed by atoms with Gasteiger partial charge >= 0.3 is 6.03 Å². The predicted octanol–water partition coefficient (Wildman–Crippen LogP) is 16.0. The number of nitrogen functional groups attached to an aromatic ring is 1. The first-order valence-corrected chi connectivity index (χ1v) is 28.0. The van der Waals surface area contributed by atoms with Crippen molar-refractivity contribution in [3.8, 4) is 11.5 Å². The minimum absolute atomic E-state index is 0. The van der Waals surface area contributed by atoms with Crippen LogP contribution in [-0.4, -0.2) is 42.5 Å². The maximum atomic E-state index is 11.4. The number of H-pyrrole nitrogens is 1. The van der Waals surface area contributed by atoms with Crippen molar-refractivity contribution in [3.05, 3.63) is 441 Å². The van der Waals surface area contributed by atoms with E-state index < -0.39 is 0 Å². The summed E-state index contributed by atoms with van der Waals surface area (Å²) in [5.41, 5.74) is 163. The molecular weight excluding hydrogens is 1240 g/mol. The third-order valence-corrected chi connectivity index (χ3v) is 10.0. The highest BCUT2D eigenvalue weighted by Gasteiger charge is 2.17. The van der Waals surface area contributed by atoms with Crippen molar-refractivity contribution < 1.29 is 14.3 Å². The summed E-state index contributed by atoms with van der Waals surface area (Å²) in [5, 5.41) is 5.30. The van der Waals surface area contributed by atoms with Crippen LogP contribution in [0.25, 0.3) is 17.2 Å². The predicted molar refractivity (Wildman–Crippen MR) is 380 cm³/mol. The minimum atomic E-state index is -0.245. The van der Waals surface area contributed by atoms with E-state index in [2.05, 4.69) is 401 Å². The lowest BCUT2D eigenvalue weighted by Gasteiger charge is -2.21. The largest absolute Gasteiger partial charge is 0.493 e. The standard InChI is InChI=1S/C62H4.C15H16N4O2.C14H14N2O.CH4/c1-3-5-7-9-11-13-15-17-19-21-23-25-27-29-31-33-35-37-39-41-43-45-47-49-51-53-55-57-59-61-62-60-58-56-54-52-50-48-46-44-42-40-38-36-34-32-30-28-26-24-22-20-18-16-14-12-10-8-6-4-2;1-16-15(20)19-11-2-3-14-13(7-11)10(4-5-21-14)6-12-8-17-9-18-12;15-11-3-4-14-13(9-11)10(5-7-17-14)8-12-2-1-6-16-12;/h1-2H2;2-3,6-9H,4-5H2,1H3,(H,17,18)(H2,16,19,20);2-4,6,8-9H,1,5,7,15H2;1H4/b;10-6+;10-8+;. The quantitative estimate of drug-likeness (QED) is 0.153. The fourth-order valence-corrected chi connectivity index (χ4v) is 6.24. The number of carbonyl (C=O) groups excluding carboxylic acids is 1. The number of nitrogens with two attached hydrogens (primary N) is 1. The Balaban J connectivity index is 0.000000535. The number of nitrogens with zero attached hydrogens (tertiary/aromatic N) is 2. The molecule has 0 atom stereocenters. The number of carbonyl (C=O) groups is 1. The number of rotatable bonds is 3. The second-order valence-electron chi connectivity index (χ2n) is 16.5. The van der Waals surface area contributed by atoms with E-state index in [0.29, 0.717) is 6.61 Å². The van der Waals surface area contributed by atoms with Gasteiger partial charge in [0.2, 0.25) is 0 Å². The molecule has 0 unspecified atom stereocenters. The molecule has 4 heterocycles. The van der Waals surface area contributed by atoms with E-state index in [1.807, 2.05) is 42.6 Å². The third-order valence-electron chi connectivity index (χ3n) is 10.0. The van der Waals surface area contributed by atoms with Crippen molar-refractivity contribution in [2.75, 3.05) is 31.3 Å². The molecule has 3 aliphatic heterocycles. The van der Waals surface area contributed by atoms with Gasteiger partial charge in [-0.25, -0.2) is 9.78 Å². The summed E-state index contributed by atoms with van der Waals surface area (Å²) >= 11 is 0. The average Bonchev–Trinajstić information content (AvgIpc) is 1.56. The lowest BCUT2D eigenvalue weighted by atomic mass is 9.98. The molecule has 0 spiro atoms. The Hall–Kier alpha value is -18.3. The molecule has 1 aromatic heterocycles. The number of aliphatic imine (C=N–C) groups is 1. The van der Waals surface area contributed by atoms with E-state index in [4.69, 9.17) is 15.2 Å². The van der Waals surface area contributed by atoms with Gasteiger partial charge in [0.25, 0.3) is 0 Å². The fourth-order valence-electron chi connectivity index (χ4n) is 6.24. The van der Waals surface area contributed by atoms with Crippen LogP contribution in [0.3, 0.4) is 0 Å². The molecule has 9 heteroatoms. The number of imidazole rings is 1. The van der Waals surface area contributed by atoms with Crippen LogP contribution in [0, 0.1) is 0 Å². The first-order chi connectivity index (χ1) is 49.5. The summed E-state index contributed by atoms with van der Waals surface area (Å²) in [4.78, 5) is 22.8. The van der Waals surface area contributed by atoms with Gasteiger partial charge < -0.3 is 30.8 Å². The van der Waals surface area contributed by atoms with Gasteiger partial charge in [-0.05, 0) is 165 Å². The zero-order chi connectivity index (χ0) is 70.7. The number of fused-ring (bicyclic) bond motifs is 2. The SMILES string of the molecule is C.C=C=C=C=C=C=C=C=C=C=C=C=C=C=C=C=C=C=C=C=C=C=C=C=C=C=C=C=C=C=C=C=C=C=C=C=C=C=C=C=C=C=C=C=C=C=C=C=C=C=C=C=C=C=C=C=C=C=C=C=C=C.CNC(=O)Nc1ccc2c(c1)/C(=C/c1cnc[nH]1)CCO2.Nc1ccc2c(c1)/C(=C/C1=CCC=N1)CCO2. The third kappa shape index (κ3) is 39.5. The highest BCUT2D eigenvalue weighted by atomic mass is 16.5. The molecule has 0 saturated heterocycles. The molecule has 0 aliphatic carbocycles. The zero-order valence-electron chi connectivity index (χ0n) is 52.6. The molecular formula is C92H38N6O3. The van der Waals surface area contributed by atoms with Crippen LogP contribution < -0.4 is 25.8 Å². The molecule has 2 aromatic carbocycles. The summed E-state index contributed by atoms with van der Waals surface area (Å²) in [7, 11) is 1.58. The van der Waals surface area contributed by atoms with Gasteiger partial charge in [-0.2, -0.15) is 0 Å². The van der Waals surface area contributed by atoms with Crippen molar-refractivity contribution in [2.45, 2.75) is 26.7 Å². The zero-order valence-corrected chi connectivity index (χ0v) is 52.6. The van der Waals surface area contributed by atoms with Gasteiger partial charge in [0.15, 0.2) is 0 Å². The summed E-state index contributed by atoms with van der Waals surface area (Å²) in [6.07, 6.45) is 14.3. The van der Waals surface area contributed by atoms with Gasteiger partial charge in [0.1, 0.15) is 11.5 Å². The molecule has 0 saturated carbocycles. The second-order valence-corrected chi connectivity index (χ2v) is 16.5. The lowest BCUT2D eigenvalue weighted by molar-refractivity contribution is 0.254. The van der Waals surface area contributed by atoms with E-state index >= 15 is 0 Å². The number of hydrogen-bond donors (Lipinski definition) is 4. The number of aromatic amines is 1. The molecule has 101 heavy (non-hydrogen) atoms. The summed E-state index contributed by atoms with van der Waals surface area (Å²) in [6.45, 7) is 8.00. The van der Waals surface area contributed by atoms with E-state index in [0.717, 1.165) is 76.8 Å². The number of urea groups is 1. The molecule has 3 aromatic rings. The monoisotopic (exact) mass is 1270 g/mol. The normalized spacial score (nSPS) is 8.94. The summed E-state index contributed by atoms with van der Waals surface area (Å²) in [6, 6.07) is 11.2. The Kier molecular flexibility index (Phi) is 41.7. The number of benzene rings is 2. The molecule has 6 rings (SSSR count). The molecule has 5 N–H and O–H groups in total. The number of aromatic nitrogens is 2. The highest BCUT2D eigenvalue weighted by Crippen LogP contribution is 2.37. The maximum Gasteiger partial charge on any atom is 0.318 e. The number of amides is 2. The summed E-state index contributed by atoms with van der Waals surface area (Å²) in [5.74, 6) is 1.74. The van der Waals surface area contributed by atoms with Crippen LogP contribution in [0.5, 0.6) is 11.5 Å². The van der Waals surface area contributed by atoms with Crippen molar-refractivity contribution in [2.24, 2.45) is 4.99 Å². The smallest absolute Gasteiger partial charge is 0.318 e. The van der Waals surface area contributed by atoms with Gasteiger partial charge in [-0.3, -0.25) is 4.99 Å². The van der Waals surface area contributed by atoms with Crippen molar-refractivity contribution in [1.29, 1.82) is 0 Å². The first kappa shape index (κ1) is 77.0. The van der Waals surface area contributed by atoms with E-state index in [1.165, 1.54) is 5.57 Å². The molecule has 0 radical (unpaired) electrons. The van der Waals surface area contributed by atoms with Gasteiger partial charge in [0, 0.05) is 296 Å². The van der Waals surface area contributed by atoms with Crippen LogP contribution in [-0.2, 0) is 0 Å². The number of anilines is 2. The molecule has 3 aliphatic rings. The molecule has 454 valence electrons. The van der Waals surface area contributed by atoms with Gasteiger partial charge in [0.05, 0.1) is 37.1 Å². The average molecular weight is 1280 g/mol. The number of hydrogen-bond acceptors (Lipinski definition) is 6. The van der Waals surface area contributed by atoms with Crippen molar-refractivity contribution >= 4 is 40.8 Å². The van der Waals surface area contributed by atoms with Crippen LogP contribution in [0.2, 0.25) is 0 Å². The van der Waals surface area contributed by atoms with Crippen LogP contribution in [0.15, 0.2) is 429 Å². The van der Waals surface area contributed by atoms with E-state index in [9.17, 15) is 4.79 Å². The number of allylic oxidation sites excluding steroid dienone is 2. The maximum absolute atomic E-state index is 11.4. The molecule has 9 nitrogen and oxygen atoms in total. The Morgan fingerprint density at radius 1 is 0.446 bits per heavy atom. The number of ether oxygens (including phenoxy) is 2. The Morgan fingerprint density at radius 2 is 0.752 bits per heavy atom. The van der Waals surface area contributed by atoms with E-state index in [-0.39, 0.29) is 13.5 Å². The molecule has 0 fully saturated rings. The number of nitrogens with one attached hydrogen (secondary N) is 3. The lowest BCUT2D eigenvalue weighted by Crippen LogP contribution is -2.24. The van der Waals surface area contributed by atoms with Crippen molar-refractivity contribution in [1.82, 2.24) is 15.3 Å². The van der Waals surface area contributed by atoms with Crippen LogP contribution >= 0.6 is 0 Å². The molecule has 0 bridgehead atoms. The van der Waals surface area contributed by atoms with Crippen LogP contribution in [0.4, 0.5) is 16.2 Å². The Labute approximate surface area is 582 Å². The van der Waals surface area contributed by atoms with Crippen molar-refractivity contribution in [3.63, 3.8) is 0 Å². The molecule has 2 amide bonds. The Morgan fingerprint density at radius 3 is 1.04 bits per heavy atom.